The van der Waals surface area contributed by atoms with Gasteiger partial charge >= 0.3 is 0 Å². The van der Waals surface area contributed by atoms with Gasteiger partial charge in [-0.25, -0.2) is 0 Å². The maximum atomic E-state index is 12.8. The van der Waals surface area contributed by atoms with Crippen LogP contribution >= 0.6 is 11.6 Å². The first-order chi connectivity index (χ1) is 15.1. The van der Waals surface area contributed by atoms with Crippen LogP contribution < -0.4 is 10.9 Å². The monoisotopic (exact) mass is 467 g/mol. The highest BCUT2D eigenvalue weighted by molar-refractivity contribution is 6.31. The summed E-state index contributed by atoms with van der Waals surface area (Å²) in [6.07, 6.45) is 5.60. The molecule has 0 spiro atoms. The number of rotatable bonds is 7. The average molecular weight is 468 g/mol. The van der Waals surface area contributed by atoms with E-state index < -0.39 is 5.60 Å². The van der Waals surface area contributed by atoms with Crippen LogP contribution in [-0.2, 0) is 4.74 Å². The van der Waals surface area contributed by atoms with Crippen molar-refractivity contribution in [2.24, 2.45) is 5.92 Å². The number of hydrogen-bond acceptors (Lipinski definition) is 5. The quantitative estimate of drug-likeness (QED) is 0.643. The van der Waals surface area contributed by atoms with E-state index in [1.54, 1.807) is 18.6 Å². The van der Waals surface area contributed by atoms with Gasteiger partial charge in [0, 0.05) is 31.9 Å². The number of β-amino-alcohol motifs (C(OH)–C–C–N with tert-alkyl or cyclic N) is 1. The average Bonchev–Trinajstić information content (AvgIpc) is 2.76. The number of halogens is 1. The van der Waals surface area contributed by atoms with Crippen LogP contribution in [0.1, 0.15) is 74.5 Å². The first-order valence-corrected chi connectivity index (χ1v) is 12.2. The van der Waals surface area contributed by atoms with Crippen LogP contribution in [0.25, 0.3) is 0 Å². The Hall–Kier alpha value is -1.41. The summed E-state index contributed by atoms with van der Waals surface area (Å²) in [7, 11) is 1.74. The Morgan fingerprint density at radius 1 is 1.28 bits per heavy atom. The molecule has 0 unspecified atom stereocenters. The lowest BCUT2D eigenvalue weighted by Crippen LogP contribution is -2.49. The number of nitrogens with zero attached hydrogens (tertiary/aromatic N) is 2. The second-order valence-corrected chi connectivity index (χ2v) is 10.3. The molecule has 180 valence electrons. The van der Waals surface area contributed by atoms with Crippen molar-refractivity contribution in [2.45, 2.75) is 77.0 Å². The van der Waals surface area contributed by atoms with Crippen molar-refractivity contribution < 1.29 is 14.6 Å². The van der Waals surface area contributed by atoms with E-state index in [-0.39, 0.29) is 29.2 Å². The highest BCUT2D eigenvalue weighted by atomic mass is 35.5. The summed E-state index contributed by atoms with van der Waals surface area (Å²) in [4.78, 5) is 27.9. The molecular formula is C24H38ClN3O4. The molecule has 0 aromatic carbocycles. The summed E-state index contributed by atoms with van der Waals surface area (Å²) in [5.74, 6) is 0.000240. The molecule has 8 heteroatoms. The van der Waals surface area contributed by atoms with Crippen LogP contribution in [-0.4, -0.2) is 65.5 Å². The minimum Gasteiger partial charge on any atom is -0.389 e. The zero-order chi connectivity index (χ0) is 23.5. The Kier molecular flexibility index (Phi) is 8.42. The molecular weight excluding hydrogens is 430 g/mol. The molecule has 1 amide bonds. The lowest BCUT2D eigenvalue weighted by Gasteiger charge is -2.41. The minimum atomic E-state index is -0.614. The standard InChI is InChI=1S/C24H38ClN3O4/c1-16(2)28-17(3)21(25)13-20(23(28)30)22(29)26-14-18-7-11-27(12-8-18)15-24(31)9-5-19(32-4)6-10-24/h13,16,18-19,31H,5-12,14-15H2,1-4H3,(H,26,29)/t19-,24+. The summed E-state index contributed by atoms with van der Waals surface area (Å²) in [6, 6.07) is 1.41. The molecule has 2 N–H and O–H groups in total. The van der Waals surface area contributed by atoms with Gasteiger partial charge < -0.3 is 24.6 Å². The maximum absolute atomic E-state index is 12.8. The van der Waals surface area contributed by atoms with Gasteiger partial charge in [0.05, 0.1) is 16.7 Å². The number of hydrogen-bond donors (Lipinski definition) is 2. The van der Waals surface area contributed by atoms with Crippen molar-refractivity contribution in [2.75, 3.05) is 33.3 Å². The normalized spacial score (nSPS) is 25.3. The summed E-state index contributed by atoms with van der Waals surface area (Å²) in [6.45, 7) is 8.66. The van der Waals surface area contributed by atoms with Crippen LogP contribution in [0.3, 0.4) is 0 Å². The Labute approximate surface area is 196 Å². The van der Waals surface area contributed by atoms with Gasteiger partial charge in [0.15, 0.2) is 0 Å². The third kappa shape index (κ3) is 5.93. The fourth-order valence-electron chi connectivity index (χ4n) is 5.09. The van der Waals surface area contributed by atoms with Crippen LogP contribution in [0.15, 0.2) is 10.9 Å². The number of carbonyl (C=O) groups excluding carboxylic acids is 1. The van der Waals surface area contributed by atoms with Gasteiger partial charge in [-0.05, 0) is 84.4 Å². The Morgan fingerprint density at radius 2 is 1.91 bits per heavy atom. The summed E-state index contributed by atoms with van der Waals surface area (Å²) in [5, 5.41) is 14.3. The van der Waals surface area contributed by atoms with Crippen molar-refractivity contribution >= 4 is 17.5 Å². The van der Waals surface area contributed by atoms with E-state index in [1.807, 2.05) is 13.8 Å². The largest absolute Gasteiger partial charge is 0.389 e. The number of carbonyl (C=O) groups is 1. The van der Waals surface area contributed by atoms with Gasteiger partial charge in [0.1, 0.15) is 5.56 Å². The van der Waals surface area contributed by atoms with E-state index in [9.17, 15) is 14.7 Å². The van der Waals surface area contributed by atoms with Crippen molar-refractivity contribution in [3.63, 3.8) is 0 Å². The molecule has 3 rings (SSSR count). The first kappa shape index (κ1) is 25.2. The molecule has 32 heavy (non-hydrogen) atoms. The molecule has 0 atom stereocenters. The maximum Gasteiger partial charge on any atom is 0.263 e. The summed E-state index contributed by atoms with van der Waals surface area (Å²) < 4.78 is 6.99. The third-order valence-corrected chi connectivity index (χ3v) is 7.54. The Morgan fingerprint density at radius 3 is 2.47 bits per heavy atom. The zero-order valence-corrected chi connectivity index (χ0v) is 20.6. The van der Waals surface area contributed by atoms with Gasteiger partial charge in [0.2, 0.25) is 0 Å². The first-order valence-electron chi connectivity index (χ1n) is 11.8. The number of aliphatic hydroxyl groups is 1. The molecule has 2 fully saturated rings. The van der Waals surface area contributed by atoms with Crippen molar-refractivity contribution in [3.05, 3.63) is 32.7 Å². The van der Waals surface area contributed by atoms with Crippen LogP contribution in [0.2, 0.25) is 5.02 Å². The molecule has 0 bridgehead atoms. The fourth-order valence-corrected chi connectivity index (χ4v) is 5.29. The van der Waals surface area contributed by atoms with Crippen LogP contribution in [0.4, 0.5) is 0 Å². The topological polar surface area (TPSA) is 83.8 Å². The second kappa shape index (κ2) is 10.7. The number of methoxy groups -OCH3 is 1. The minimum absolute atomic E-state index is 0.0727. The smallest absolute Gasteiger partial charge is 0.263 e. The van der Waals surface area contributed by atoms with E-state index in [2.05, 4.69) is 10.2 Å². The van der Waals surface area contributed by atoms with E-state index >= 15 is 0 Å². The molecule has 0 radical (unpaired) electrons. The van der Waals surface area contributed by atoms with Crippen LogP contribution in [0.5, 0.6) is 0 Å². The van der Waals surface area contributed by atoms with E-state index in [4.69, 9.17) is 16.3 Å². The highest BCUT2D eigenvalue weighted by Gasteiger charge is 2.35. The third-order valence-electron chi connectivity index (χ3n) is 7.16. The number of aromatic nitrogens is 1. The zero-order valence-electron chi connectivity index (χ0n) is 19.8. The molecule has 1 aromatic rings. The number of nitrogens with one attached hydrogen (secondary N) is 1. The summed E-state index contributed by atoms with van der Waals surface area (Å²) in [5.41, 5.74) is -0.142. The molecule has 2 aliphatic rings. The molecule has 7 nitrogen and oxygen atoms in total. The lowest BCUT2D eigenvalue weighted by atomic mass is 9.82. The Balaban J connectivity index is 1.49. The van der Waals surface area contributed by atoms with Gasteiger partial charge in [-0.1, -0.05) is 11.6 Å². The summed E-state index contributed by atoms with van der Waals surface area (Å²) >= 11 is 6.28. The molecule has 1 aliphatic heterocycles. The van der Waals surface area contributed by atoms with Gasteiger partial charge in [-0.3, -0.25) is 9.59 Å². The molecule has 1 saturated carbocycles. The van der Waals surface area contributed by atoms with Crippen LogP contribution in [0, 0.1) is 12.8 Å². The van der Waals surface area contributed by atoms with E-state index in [0.717, 1.165) is 51.6 Å². The number of pyridine rings is 1. The molecule has 2 heterocycles. The predicted octanol–water partition coefficient (Wildman–Crippen LogP) is 3.15. The predicted molar refractivity (Wildman–Crippen MR) is 127 cm³/mol. The fraction of sp³-hybridized carbons (Fsp3) is 0.750. The van der Waals surface area contributed by atoms with Gasteiger partial charge in [-0.15, -0.1) is 0 Å². The van der Waals surface area contributed by atoms with E-state index in [1.165, 1.54) is 6.07 Å². The van der Waals surface area contributed by atoms with Crippen molar-refractivity contribution in [1.29, 1.82) is 0 Å². The van der Waals surface area contributed by atoms with E-state index in [0.29, 0.717) is 29.7 Å². The number of likely N-dealkylation sites (tertiary alicyclic amines) is 1. The van der Waals surface area contributed by atoms with Gasteiger partial charge in [-0.2, -0.15) is 0 Å². The SMILES string of the molecule is CO[C@H]1CC[C@](O)(CN2CCC(CNC(=O)c3cc(Cl)c(C)n(C(C)C)c3=O)CC2)CC1. The lowest BCUT2D eigenvalue weighted by molar-refractivity contribution is -0.0650. The number of piperidine rings is 1. The Bertz CT molecular complexity index is 854. The van der Waals surface area contributed by atoms with Crippen molar-refractivity contribution in [3.8, 4) is 0 Å². The molecule has 1 saturated heterocycles. The second-order valence-electron chi connectivity index (χ2n) is 9.85. The van der Waals surface area contributed by atoms with Gasteiger partial charge in [0.25, 0.3) is 11.5 Å². The highest BCUT2D eigenvalue weighted by Crippen LogP contribution is 2.31. The van der Waals surface area contributed by atoms with Crippen molar-refractivity contribution in [1.82, 2.24) is 14.8 Å². The molecule has 1 aromatic heterocycles. The number of amides is 1. The number of ether oxygens (including phenoxy) is 1. The molecule has 1 aliphatic carbocycles.